The second-order valence-corrected chi connectivity index (χ2v) is 7.95. The monoisotopic (exact) mass is 365 g/mol. The van der Waals surface area contributed by atoms with Gasteiger partial charge in [0.15, 0.2) is 0 Å². The molecule has 0 aliphatic rings. The topological polar surface area (TPSA) is 71.4 Å². The second-order valence-electron chi connectivity index (χ2n) is 6.01. The molecule has 2 rings (SSSR count). The van der Waals surface area contributed by atoms with Crippen molar-refractivity contribution in [2.24, 2.45) is 7.05 Å². The molecule has 1 amide bonds. The predicted molar refractivity (Wildman–Crippen MR) is 100 cm³/mol. The van der Waals surface area contributed by atoms with Gasteiger partial charge in [0.2, 0.25) is 10.0 Å². The molecule has 1 aromatic carbocycles. The zero-order chi connectivity index (χ0) is 18.6. The lowest BCUT2D eigenvalue weighted by molar-refractivity contribution is 0.0945. The number of nitrogens with zero attached hydrogens (tertiary/aromatic N) is 2. The number of hydrogen-bond acceptors (Lipinski definition) is 3. The smallest absolute Gasteiger partial charge is 0.267 e. The number of nitrogens with one attached hydrogen (secondary N) is 1. The van der Waals surface area contributed by atoms with Gasteiger partial charge in [-0.3, -0.25) is 4.79 Å². The van der Waals surface area contributed by atoms with Crippen LogP contribution in [0.4, 0.5) is 0 Å². The Hall–Kier alpha value is -1.86. The zero-order valence-corrected chi connectivity index (χ0v) is 16.2. The molecule has 25 heavy (non-hydrogen) atoms. The van der Waals surface area contributed by atoms with Crippen LogP contribution in [0.2, 0.25) is 0 Å². The number of hydrogen-bond donors (Lipinski definition) is 1. The van der Waals surface area contributed by atoms with Gasteiger partial charge in [-0.2, -0.15) is 4.31 Å². The van der Waals surface area contributed by atoms with Gasteiger partial charge in [-0.25, -0.2) is 8.42 Å². The minimum absolute atomic E-state index is 0.139. The molecule has 0 atom stereocenters. The molecule has 7 heteroatoms. The normalized spacial score (nSPS) is 12.0. The molecule has 0 spiro atoms. The van der Waals surface area contributed by atoms with Gasteiger partial charge in [0, 0.05) is 37.6 Å². The van der Waals surface area contributed by atoms with Crippen molar-refractivity contribution >= 4 is 26.8 Å². The third kappa shape index (κ3) is 3.88. The van der Waals surface area contributed by atoms with Crippen molar-refractivity contribution < 1.29 is 13.2 Å². The van der Waals surface area contributed by atoms with Crippen LogP contribution in [-0.4, -0.2) is 42.8 Å². The molecule has 0 saturated carbocycles. The fourth-order valence-corrected chi connectivity index (χ4v) is 4.38. The maximum Gasteiger partial charge on any atom is 0.267 e. The molecule has 0 radical (unpaired) electrons. The molecule has 0 aliphatic carbocycles. The average molecular weight is 365 g/mol. The van der Waals surface area contributed by atoms with Crippen LogP contribution in [-0.2, 0) is 17.1 Å². The van der Waals surface area contributed by atoms with E-state index in [-0.39, 0.29) is 10.8 Å². The SMILES string of the molecule is CCCCNC(=O)c1cc2cc(S(=O)(=O)N(CC)CC)ccc2n1C. The first-order valence-corrected chi connectivity index (χ1v) is 10.2. The molecule has 0 unspecified atom stereocenters. The van der Waals surface area contributed by atoms with Crippen LogP contribution in [0.1, 0.15) is 44.1 Å². The van der Waals surface area contributed by atoms with Crippen LogP contribution in [0.25, 0.3) is 10.9 Å². The van der Waals surface area contributed by atoms with Gasteiger partial charge in [-0.05, 0) is 30.7 Å². The first-order chi connectivity index (χ1) is 11.9. The number of benzene rings is 1. The first kappa shape index (κ1) is 19.5. The molecule has 0 fully saturated rings. The van der Waals surface area contributed by atoms with Gasteiger partial charge in [-0.1, -0.05) is 27.2 Å². The van der Waals surface area contributed by atoms with Crippen LogP contribution < -0.4 is 5.32 Å². The number of fused-ring (bicyclic) bond motifs is 1. The fourth-order valence-electron chi connectivity index (χ4n) is 2.89. The lowest BCUT2D eigenvalue weighted by Gasteiger charge is -2.18. The Morgan fingerprint density at radius 1 is 1.16 bits per heavy atom. The van der Waals surface area contributed by atoms with Gasteiger partial charge in [0.1, 0.15) is 5.69 Å². The van der Waals surface area contributed by atoms with Crippen molar-refractivity contribution in [1.29, 1.82) is 0 Å². The number of aryl methyl sites for hydroxylation is 1. The molecule has 1 N–H and O–H groups in total. The van der Waals surface area contributed by atoms with E-state index in [0.29, 0.717) is 25.3 Å². The van der Waals surface area contributed by atoms with E-state index in [1.165, 1.54) is 4.31 Å². The molecule has 1 heterocycles. The molecule has 0 bridgehead atoms. The van der Waals surface area contributed by atoms with Gasteiger partial charge >= 0.3 is 0 Å². The van der Waals surface area contributed by atoms with Crippen molar-refractivity contribution in [3.05, 3.63) is 30.0 Å². The number of amides is 1. The summed E-state index contributed by atoms with van der Waals surface area (Å²) >= 11 is 0. The molecular formula is C18H27N3O3S. The van der Waals surface area contributed by atoms with E-state index in [2.05, 4.69) is 12.2 Å². The van der Waals surface area contributed by atoms with Crippen LogP contribution in [0.5, 0.6) is 0 Å². The van der Waals surface area contributed by atoms with E-state index < -0.39 is 10.0 Å². The Bertz CT molecular complexity index is 852. The highest BCUT2D eigenvalue weighted by molar-refractivity contribution is 7.89. The first-order valence-electron chi connectivity index (χ1n) is 8.74. The summed E-state index contributed by atoms with van der Waals surface area (Å²) < 4.78 is 28.6. The summed E-state index contributed by atoms with van der Waals surface area (Å²) in [5.41, 5.74) is 1.36. The lowest BCUT2D eigenvalue weighted by atomic mass is 10.2. The molecule has 0 aliphatic heterocycles. The van der Waals surface area contributed by atoms with Gasteiger partial charge in [0.25, 0.3) is 5.91 Å². The summed E-state index contributed by atoms with van der Waals surface area (Å²) in [6.07, 6.45) is 1.95. The van der Waals surface area contributed by atoms with Crippen LogP contribution >= 0.6 is 0 Å². The average Bonchev–Trinajstić information content (AvgIpc) is 2.92. The van der Waals surface area contributed by atoms with Gasteiger partial charge in [0.05, 0.1) is 4.90 Å². The maximum absolute atomic E-state index is 12.7. The van der Waals surface area contributed by atoms with E-state index in [1.54, 1.807) is 28.8 Å². The minimum Gasteiger partial charge on any atom is -0.351 e. The highest BCUT2D eigenvalue weighted by atomic mass is 32.2. The molecule has 2 aromatic rings. The summed E-state index contributed by atoms with van der Waals surface area (Å²) in [5, 5.41) is 3.64. The molecular weight excluding hydrogens is 338 g/mol. The van der Waals surface area contributed by atoms with E-state index in [4.69, 9.17) is 0 Å². The Kier molecular flexibility index (Phi) is 6.24. The van der Waals surface area contributed by atoms with Crippen molar-refractivity contribution in [3.63, 3.8) is 0 Å². The van der Waals surface area contributed by atoms with E-state index in [1.807, 2.05) is 20.9 Å². The van der Waals surface area contributed by atoms with Crippen molar-refractivity contribution in [1.82, 2.24) is 14.2 Å². The summed E-state index contributed by atoms with van der Waals surface area (Å²) in [5.74, 6) is -0.139. The van der Waals surface area contributed by atoms with Crippen LogP contribution in [0, 0.1) is 0 Å². The van der Waals surface area contributed by atoms with Crippen molar-refractivity contribution in [2.45, 2.75) is 38.5 Å². The minimum atomic E-state index is -3.51. The summed E-state index contributed by atoms with van der Waals surface area (Å²) in [6, 6.07) is 6.76. The molecule has 1 aromatic heterocycles. The van der Waals surface area contributed by atoms with Crippen LogP contribution in [0.15, 0.2) is 29.2 Å². The summed E-state index contributed by atoms with van der Waals surface area (Å²) in [6.45, 7) is 7.20. The number of carbonyl (C=O) groups is 1. The predicted octanol–water partition coefficient (Wildman–Crippen LogP) is 2.74. The Labute approximate surface area is 149 Å². The maximum atomic E-state index is 12.7. The third-order valence-electron chi connectivity index (χ3n) is 4.41. The molecule has 0 saturated heterocycles. The van der Waals surface area contributed by atoms with E-state index >= 15 is 0 Å². The second kappa shape index (κ2) is 8.01. The third-order valence-corrected chi connectivity index (χ3v) is 6.45. The largest absolute Gasteiger partial charge is 0.351 e. The molecule has 138 valence electrons. The van der Waals surface area contributed by atoms with Crippen molar-refractivity contribution in [2.75, 3.05) is 19.6 Å². The molecule has 6 nitrogen and oxygen atoms in total. The zero-order valence-electron chi connectivity index (χ0n) is 15.4. The lowest BCUT2D eigenvalue weighted by Crippen LogP contribution is -2.30. The van der Waals surface area contributed by atoms with E-state index in [0.717, 1.165) is 23.7 Å². The summed E-state index contributed by atoms with van der Waals surface area (Å²) in [7, 11) is -1.70. The highest BCUT2D eigenvalue weighted by Gasteiger charge is 2.22. The Morgan fingerprint density at radius 2 is 1.84 bits per heavy atom. The quantitative estimate of drug-likeness (QED) is 0.731. The fraction of sp³-hybridized carbons (Fsp3) is 0.500. The van der Waals surface area contributed by atoms with Crippen LogP contribution in [0.3, 0.4) is 0 Å². The number of carbonyl (C=O) groups excluding carboxylic acids is 1. The number of rotatable bonds is 8. The Balaban J connectivity index is 2.40. The number of sulfonamides is 1. The Morgan fingerprint density at radius 3 is 2.44 bits per heavy atom. The standard InChI is InChI=1S/C18H27N3O3S/c1-5-8-11-19-18(22)17-13-14-12-15(9-10-16(14)20(17)4)25(23,24)21(6-2)7-3/h9-10,12-13H,5-8,11H2,1-4H3,(H,19,22). The van der Waals surface area contributed by atoms with E-state index in [9.17, 15) is 13.2 Å². The summed E-state index contributed by atoms with van der Waals surface area (Å²) in [4.78, 5) is 12.6. The van der Waals surface area contributed by atoms with Gasteiger partial charge < -0.3 is 9.88 Å². The van der Waals surface area contributed by atoms with Crippen molar-refractivity contribution in [3.8, 4) is 0 Å². The van der Waals surface area contributed by atoms with Gasteiger partial charge in [-0.15, -0.1) is 0 Å². The number of aromatic nitrogens is 1. The highest BCUT2D eigenvalue weighted by Crippen LogP contribution is 2.24. The number of unbranched alkanes of at least 4 members (excludes halogenated alkanes) is 1.